The molecule has 1 aliphatic heterocycles. The Hall–Kier alpha value is -3.90. The zero-order valence-corrected chi connectivity index (χ0v) is 20.9. The molecule has 1 aromatic heterocycles. The minimum atomic E-state index is -0.528. The molecule has 2 atom stereocenters. The van der Waals surface area contributed by atoms with Crippen LogP contribution in [0.2, 0.25) is 5.02 Å². The van der Waals surface area contributed by atoms with E-state index < -0.39 is 5.41 Å². The summed E-state index contributed by atoms with van der Waals surface area (Å²) in [4.78, 5) is 28.8. The minimum absolute atomic E-state index is 0.120. The van der Waals surface area contributed by atoms with Crippen molar-refractivity contribution in [1.29, 1.82) is 0 Å². The van der Waals surface area contributed by atoms with Crippen LogP contribution >= 0.6 is 11.6 Å². The van der Waals surface area contributed by atoms with Gasteiger partial charge in [0.25, 0.3) is 5.91 Å². The summed E-state index contributed by atoms with van der Waals surface area (Å²) in [6, 6.07) is 25.7. The lowest BCUT2D eigenvalue weighted by atomic mass is 9.92. The number of carbonyl (C=O) groups excluding carboxylic acids is 2. The van der Waals surface area contributed by atoms with Gasteiger partial charge in [-0.25, -0.2) is 0 Å². The molecule has 1 spiro atoms. The zero-order chi connectivity index (χ0) is 25.1. The van der Waals surface area contributed by atoms with Gasteiger partial charge in [-0.2, -0.15) is 5.10 Å². The van der Waals surface area contributed by atoms with Gasteiger partial charge < -0.3 is 10.2 Å². The third kappa shape index (κ3) is 3.75. The van der Waals surface area contributed by atoms with Gasteiger partial charge in [-0.05, 0) is 66.3 Å². The second-order valence-corrected chi connectivity index (χ2v) is 10.7. The molecule has 0 bridgehead atoms. The number of nitrogens with zero attached hydrogens (tertiary/aromatic N) is 3. The number of nitrogens with one attached hydrogen (secondary N) is 1. The fourth-order valence-electron chi connectivity index (χ4n) is 5.73. The second-order valence-electron chi connectivity index (χ2n) is 10.3. The standard InChI is InChI=1S/C30H25ClN4O2/c31-22-10-8-20(9-11-22)25-17-30(25)24-6-1-2-7-26(24)34(29(30)37)18-19-4-3-5-21(16-19)28(36)32-27-14-15-35(33-27)23-12-13-23/h1-11,14-16,23,25H,12-13,17-18H2,(H,32,33,36)/t25-,30-/m0/s1. The lowest BCUT2D eigenvalue weighted by Crippen LogP contribution is -2.32. The van der Waals surface area contributed by atoms with E-state index in [1.54, 1.807) is 6.07 Å². The number of para-hydroxylation sites is 1. The van der Waals surface area contributed by atoms with Gasteiger partial charge in [-0.1, -0.05) is 54.1 Å². The van der Waals surface area contributed by atoms with Crippen molar-refractivity contribution in [2.24, 2.45) is 0 Å². The number of amides is 2. The van der Waals surface area contributed by atoms with Crippen molar-refractivity contribution in [2.75, 3.05) is 10.2 Å². The van der Waals surface area contributed by atoms with Gasteiger partial charge in [-0.15, -0.1) is 0 Å². The molecule has 184 valence electrons. The quantitative estimate of drug-likeness (QED) is 0.342. The van der Waals surface area contributed by atoms with Gasteiger partial charge in [0.2, 0.25) is 5.91 Å². The molecule has 2 fully saturated rings. The first kappa shape index (κ1) is 22.3. The van der Waals surface area contributed by atoms with Gasteiger partial charge in [0.1, 0.15) is 0 Å². The summed E-state index contributed by atoms with van der Waals surface area (Å²) in [7, 11) is 0. The number of carbonyl (C=O) groups is 2. The number of hydrogen-bond donors (Lipinski definition) is 1. The normalized spacial score (nSPS) is 21.8. The Morgan fingerprint density at radius 2 is 1.84 bits per heavy atom. The molecule has 0 unspecified atom stereocenters. The van der Waals surface area contributed by atoms with Crippen molar-refractivity contribution in [2.45, 2.75) is 43.2 Å². The van der Waals surface area contributed by atoms with E-state index in [1.807, 2.05) is 82.5 Å². The second kappa shape index (κ2) is 8.32. The minimum Gasteiger partial charge on any atom is -0.307 e. The summed E-state index contributed by atoms with van der Waals surface area (Å²) >= 11 is 6.10. The Labute approximate surface area is 219 Å². The Kier molecular flexibility index (Phi) is 5.01. The SMILES string of the molecule is O=C(Nc1ccn(C2CC2)n1)c1cccc(CN2C(=O)[C@@]3(C[C@H]3c3ccc(Cl)cc3)c3ccccc32)c1. The molecule has 6 nitrogen and oxygen atoms in total. The highest BCUT2D eigenvalue weighted by Crippen LogP contribution is 2.66. The van der Waals surface area contributed by atoms with Gasteiger partial charge in [-0.3, -0.25) is 14.3 Å². The Morgan fingerprint density at radius 1 is 1.03 bits per heavy atom. The molecule has 3 aliphatic rings. The molecule has 2 saturated carbocycles. The van der Waals surface area contributed by atoms with Crippen molar-refractivity contribution < 1.29 is 9.59 Å². The number of hydrogen-bond acceptors (Lipinski definition) is 3. The van der Waals surface area contributed by atoms with Crippen LogP contribution in [0.5, 0.6) is 0 Å². The van der Waals surface area contributed by atoms with Crippen LogP contribution in [-0.4, -0.2) is 21.6 Å². The third-order valence-electron chi connectivity index (χ3n) is 7.84. The van der Waals surface area contributed by atoms with Crippen molar-refractivity contribution in [3.8, 4) is 0 Å². The summed E-state index contributed by atoms with van der Waals surface area (Å²) in [5, 5.41) is 8.05. The lowest BCUT2D eigenvalue weighted by molar-refractivity contribution is -0.120. The first-order valence-corrected chi connectivity index (χ1v) is 13.0. The van der Waals surface area contributed by atoms with Crippen LogP contribution in [0, 0.1) is 0 Å². The van der Waals surface area contributed by atoms with E-state index >= 15 is 0 Å². The largest absolute Gasteiger partial charge is 0.307 e. The van der Waals surface area contributed by atoms with E-state index in [9.17, 15) is 9.59 Å². The molecule has 4 aromatic rings. The first-order chi connectivity index (χ1) is 18.0. The van der Waals surface area contributed by atoms with Crippen LogP contribution in [0.3, 0.4) is 0 Å². The van der Waals surface area contributed by atoms with E-state index in [4.69, 9.17) is 11.6 Å². The summed E-state index contributed by atoms with van der Waals surface area (Å²) in [6.45, 7) is 0.405. The molecule has 0 radical (unpaired) electrons. The molecule has 2 heterocycles. The summed E-state index contributed by atoms with van der Waals surface area (Å²) in [5.41, 5.74) is 4.08. The van der Waals surface area contributed by atoms with Crippen molar-refractivity contribution in [1.82, 2.24) is 9.78 Å². The van der Waals surface area contributed by atoms with E-state index in [0.717, 1.165) is 41.6 Å². The maximum absolute atomic E-state index is 13.9. The van der Waals surface area contributed by atoms with Crippen LogP contribution in [0.15, 0.2) is 85.1 Å². The third-order valence-corrected chi connectivity index (χ3v) is 8.09. The highest BCUT2D eigenvalue weighted by atomic mass is 35.5. The van der Waals surface area contributed by atoms with Crippen LogP contribution in [-0.2, 0) is 16.8 Å². The van der Waals surface area contributed by atoms with Gasteiger partial charge in [0.05, 0.1) is 18.0 Å². The molecule has 7 heteroatoms. The highest BCUT2D eigenvalue weighted by Gasteiger charge is 2.67. The van der Waals surface area contributed by atoms with Crippen LogP contribution in [0.4, 0.5) is 11.5 Å². The first-order valence-electron chi connectivity index (χ1n) is 12.7. The molecular weight excluding hydrogens is 484 g/mol. The van der Waals surface area contributed by atoms with E-state index in [0.29, 0.717) is 29.0 Å². The highest BCUT2D eigenvalue weighted by molar-refractivity contribution is 6.30. The average molecular weight is 509 g/mol. The zero-order valence-electron chi connectivity index (χ0n) is 20.1. The Morgan fingerprint density at radius 3 is 2.65 bits per heavy atom. The molecule has 37 heavy (non-hydrogen) atoms. The van der Waals surface area contributed by atoms with Crippen molar-refractivity contribution >= 4 is 34.9 Å². The molecular formula is C30H25ClN4O2. The van der Waals surface area contributed by atoms with E-state index in [2.05, 4.69) is 16.5 Å². The molecule has 2 aliphatic carbocycles. The number of fused-ring (bicyclic) bond motifs is 2. The predicted octanol–water partition coefficient (Wildman–Crippen LogP) is 6.10. The maximum atomic E-state index is 13.9. The number of anilines is 2. The summed E-state index contributed by atoms with van der Waals surface area (Å²) in [6.07, 6.45) is 4.97. The lowest BCUT2D eigenvalue weighted by Gasteiger charge is -2.19. The molecule has 3 aromatic carbocycles. The fraction of sp³-hybridized carbons (Fsp3) is 0.233. The predicted molar refractivity (Wildman–Crippen MR) is 143 cm³/mol. The van der Waals surface area contributed by atoms with Crippen molar-refractivity contribution in [3.63, 3.8) is 0 Å². The molecule has 0 saturated heterocycles. The Bertz CT molecular complexity index is 1540. The number of aromatic nitrogens is 2. The summed E-state index contributed by atoms with van der Waals surface area (Å²) in [5.74, 6) is 0.595. The van der Waals surface area contributed by atoms with Crippen LogP contribution in [0.1, 0.15) is 58.3 Å². The smallest absolute Gasteiger partial charge is 0.256 e. The fourth-order valence-corrected chi connectivity index (χ4v) is 5.86. The monoisotopic (exact) mass is 508 g/mol. The average Bonchev–Trinajstić information content (AvgIpc) is 3.83. The molecule has 1 N–H and O–H groups in total. The van der Waals surface area contributed by atoms with Crippen molar-refractivity contribution in [3.05, 3.63) is 112 Å². The Balaban J connectivity index is 1.13. The van der Waals surface area contributed by atoms with Crippen LogP contribution < -0.4 is 10.2 Å². The number of halogens is 1. The van der Waals surface area contributed by atoms with E-state index in [1.165, 1.54) is 0 Å². The molecule has 7 rings (SSSR count). The van der Waals surface area contributed by atoms with Gasteiger partial charge >= 0.3 is 0 Å². The van der Waals surface area contributed by atoms with Gasteiger partial charge in [0, 0.05) is 34.5 Å². The summed E-state index contributed by atoms with van der Waals surface area (Å²) < 4.78 is 1.91. The van der Waals surface area contributed by atoms with Crippen LogP contribution in [0.25, 0.3) is 0 Å². The topological polar surface area (TPSA) is 67.2 Å². The molecule has 2 amide bonds. The number of rotatable bonds is 6. The maximum Gasteiger partial charge on any atom is 0.256 e. The number of benzene rings is 3. The van der Waals surface area contributed by atoms with Gasteiger partial charge in [0.15, 0.2) is 5.82 Å². The van der Waals surface area contributed by atoms with E-state index in [-0.39, 0.29) is 17.7 Å².